The summed E-state index contributed by atoms with van der Waals surface area (Å²) in [7, 11) is 0. The van der Waals surface area contributed by atoms with Crippen LogP contribution in [0.1, 0.15) is 36.5 Å². The van der Waals surface area contributed by atoms with E-state index in [1.165, 1.54) is 16.7 Å². The minimum atomic E-state index is 0.00645. The predicted molar refractivity (Wildman–Crippen MR) is 95.1 cm³/mol. The van der Waals surface area contributed by atoms with Crippen molar-refractivity contribution in [2.45, 2.75) is 39.0 Å². The van der Waals surface area contributed by atoms with E-state index in [0.29, 0.717) is 13.2 Å². The topological polar surface area (TPSA) is 58.9 Å². The van der Waals surface area contributed by atoms with Gasteiger partial charge in [0.05, 0.1) is 13.2 Å². The largest absolute Gasteiger partial charge is 0.490 e. The third-order valence-corrected chi connectivity index (χ3v) is 4.69. The number of benzene rings is 2. The average molecular weight is 330 g/mol. The van der Waals surface area contributed by atoms with Gasteiger partial charge in [0.25, 0.3) is 0 Å². The first-order valence-electron chi connectivity index (χ1n) is 8.88. The summed E-state index contributed by atoms with van der Waals surface area (Å²) < 4.78 is 12.0. The van der Waals surface area contributed by atoms with Gasteiger partial charge in [0.2, 0.25) is 0 Å². The Morgan fingerprint density at radius 1 is 0.917 bits per heavy atom. The van der Waals surface area contributed by atoms with Crippen molar-refractivity contribution in [1.82, 2.24) is 0 Å². The van der Waals surface area contributed by atoms with Gasteiger partial charge < -0.3 is 19.7 Å². The van der Waals surface area contributed by atoms with Crippen molar-refractivity contribution in [2.75, 3.05) is 26.4 Å². The minimum Gasteiger partial charge on any atom is -0.490 e. The molecule has 0 saturated heterocycles. The number of hydrogen-bond donors (Lipinski definition) is 2. The Balaban J connectivity index is 2.29. The standard InChI is InChI=1S/C20H26O4/c1-2-14-6-5-9-17-18(14)20(24-13-11-22)16-8-4-3-7-15(16)19(17)23-12-10-21/h5-6,9,21-22H,2-4,7-8,10-13H2,1H3. The molecule has 2 N–H and O–H groups in total. The van der Waals surface area contributed by atoms with Gasteiger partial charge in [0, 0.05) is 21.9 Å². The molecule has 4 heteroatoms. The molecule has 24 heavy (non-hydrogen) atoms. The number of ether oxygens (including phenoxy) is 2. The van der Waals surface area contributed by atoms with Crippen molar-refractivity contribution < 1.29 is 19.7 Å². The fourth-order valence-electron chi connectivity index (χ4n) is 3.69. The summed E-state index contributed by atoms with van der Waals surface area (Å²) in [6.07, 6.45) is 5.13. The van der Waals surface area contributed by atoms with Crippen molar-refractivity contribution >= 4 is 10.8 Å². The van der Waals surface area contributed by atoms with Crippen LogP contribution in [0.5, 0.6) is 11.5 Å². The Morgan fingerprint density at radius 3 is 2.17 bits per heavy atom. The van der Waals surface area contributed by atoms with E-state index in [1.807, 2.05) is 0 Å². The maximum absolute atomic E-state index is 9.22. The SMILES string of the molecule is CCc1cccc2c(OCCO)c3c(c(OCCO)c12)CCCC3. The Labute approximate surface area is 143 Å². The third-order valence-electron chi connectivity index (χ3n) is 4.69. The number of aliphatic hydroxyl groups is 2. The molecule has 0 aliphatic heterocycles. The lowest BCUT2D eigenvalue weighted by atomic mass is 9.85. The van der Waals surface area contributed by atoms with Crippen LogP contribution in [0.15, 0.2) is 18.2 Å². The van der Waals surface area contributed by atoms with Gasteiger partial charge in [-0.2, -0.15) is 0 Å². The van der Waals surface area contributed by atoms with Gasteiger partial charge in [-0.25, -0.2) is 0 Å². The summed E-state index contributed by atoms with van der Waals surface area (Å²) in [5.41, 5.74) is 3.65. The second-order valence-corrected chi connectivity index (χ2v) is 6.16. The fourth-order valence-corrected chi connectivity index (χ4v) is 3.69. The second-order valence-electron chi connectivity index (χ2n) is 6.16. The van der Waals surface area contributed by atoms with Gasteiger partial charge in [0.1, 0.15) is 24.7 Å². The van der Waals surface area contributed by atoms with Crippen LogP contribution < -0.4 is 9.47 Å². The van der Waals surface area contributed by atoms with Gasteiger partial charge in [-0.05, 0) is 37.7 Å². The molecule has 0 radical (unpaired) electrons. The van der Waals surface area contributed by atoms with E-state index >= 15 is 0 Å². The molecule has 130 valence electrons. The number of hydrogen-bond acceptors (Lipinski definition) is 4. The minimum absolute atomic E-state index is 0.00645. The molecule has 0 unspecified atom stereocenters. The molecule has 1 aliphatic rings. The highest BCUT2D eigenvalue weighted by Gasteiger charge is 2.24. The van der Waals surface area contributed by atoms with Crippen LogP contribution in [0.4, 0.5) is 0 Å². The normalized spacial score (nSPS) is 13.8. The first kappa shape index (κ1) is 17.1. The molecular formula is C20H26O4. The highest BCUT2D eigenvalue weighted by atomic mass is 16.5. The second kappa shape index (κ2) is 7.86. The quantitative estimate of drug-likeness (QED) is 0.819. The maximum atomic E-state index is 9.22. The molecule has 0 aromatic heterocycles. The first-order valence-corrected chi connectivity index (χ1v) is 8.88. The molecule has 2 aromatic carbocycles. The number of aliphatic hydroxyl groups excluding tert-OH is 2. The number of rotatable bonds is 7. The lowest BCUT2D eigenvalue weighted by molar-refractivity contribution is 0.197. The molecule has 0 fully saturated rings. The first-order chi connectivity index (χ1) is 11.8. The van der Waals surface area contributed by atoms with E-state index in [4.69, 9.17) is 9.47 Å². The van der Waals surface area contributed by atoms with Crippen molar-refractivity contribution in [3.8, 4) is 11.5 Å². The zero-order chi connectivity index (χ0) is 16.9. The van der Waals surface area contributed by atoms with Crippen LogP contribution in [0.3, 0.4) is 0 Å². The summed E-state index contributed by atoms with van der Waals surface area (Å²) in [5.74, 6) is 1.82. The van der Waals surface area contributed by atoms with E-state index in [2.05, 4.69) is 25.1 Å². The highest BCUT2D eigenvalue weighted by Crippen LogP contribution is 2.45. The van der Waals surface area contributed by atoms with Crippen LogP contribution in [0.2, 0.25) is 0 Å². The lowest BCUT2D eigenvalue weighted by Crippen LogP contribution is -2.13. The summed E-state index contributed by atoms with van der Waals surface area (Å²) in [6, 6.07) is 6.25. The van der Waals surface area contributed by atoms with Crippen molar-refractivity contribution in [3.63, 3.8) is 0 Å². The molecule has 0 amide bonds. The van der Waals surface area contributed by atoms with E-state index in [-0.39, 0.29) is 13.2 Å². The lowest BCUT2D eigenvalue weighted by Gasteiger charge is -2.26. The van der Waals surface area contributed by atoms with Crippen LogP contribution >= 0.6 is 0 Å². The third kappa shape index (κ3) is 3.08. The van der Waals surface area contributed by atoms with Crippen LogP contribution in [-0.2, 0) is 19.3 Å². The molecule has 0 atom stereocenters. The van der Waals surface area contributed by atoms with Gasteiger partial charge >= 0.3 is 0 Å². The monoisotopic (exact) mass is 330 g/mol. The van der Waals surface area contributed by atoms with Crippen LogP contribution in [0, 0.1) is 0 Å². The Hall–Kier alpha value is -1.78. The summed E-state index contributed by atoms with van der Waals surface area (Å²) in [4.78, 5) is 0. The smallest absolute Gasteiger partial charge is 0.131 e. The molecule has 0 heterocycles. The molecular weight excluding hydrogens is 304 g/mol. The van der Waals surface area contributed by atoms with Gasteiger partial charge in [0.15, 0.2) is 0 Å². The zero-order valence-corrected chi connectivity index (χ0v) is 14.3. The average Bonchev–Trinajstić information content (AvgIpc) is 2.64. The summed E-state index contributed by atoms with van der Waals surface area (Å²) in [5, 5.41) is 20.6. The highest BCUT2D eigenvalue weighted by molar-refractivity contribution is 5.98. The molecule has 3 rings (SSSR count). The summed E-state index contributed by atoms with van der Waals surface area (Å²) in [6.45, 7) is 2.75. The molecule has 0 saturated carbocycles. The number of fused-ring (bicyclic) bond motifs is 2. The number of aryl methyl sites for hydroxylation is 1. The van der Waals surface area contributed by atoms with Crippen molar-refractivity contribution in [2.24, 2.45) is 0 Å². The maximum Gasteiger partial charge on any atom is 0.131 e. The predicted octanol–water partition coefficient (Wildman–Crippen LogP) is 3.02. The zero-order valence-electron chi connectivity index (χ0n) is 14.3. The Bertz CT molecular complexity index is 709. The fraction of sp³-hybridized carbons (Fsp3) is 0.500. The van der Waals surface area contributed by atoms with E-state index in [0.717, 1.165) is 54.4 Å². The molecule has 1 aliphatic carbocycles. The van der Waals surface area contributed by atoms with Crippen molar-refractivity contribution in [3.05, 3.63) is 34.9 Å². The van der Waals surface area contributed by atoms with Gasteiger partial charge in [-0.1, -0.05) is 25.1 Å². The van der Waals surface area contributed by atoms with E-state index in [1.54, 1.807) is 0 Å². The van der Waals surface area contributed by atoms with Gasteiger partial charge in [-0.15, -0.1) is 0 Å². The molecule has 0 spiro atoms. The molecule has 0 bridgehead atoms. The van der Waals surface area contributed by atoms with Crippen molar-refractivity contribution in [1.29, 1.82) is 0 Å². The molecule has 4 nitrogen and oxygen atoms in total. The Morgan fingerprint density at radius 2 is 1.54 bits per heavy atom. The Kier molecular flexibility index (Phi) is 5.59. The van der Waals surface area contributed by atoms with E-state index in [9.17, 15) is 10.2 Å². The molecule has 2 aromatic rings. The van der Waals surface area contributed by atoms with Crippen LogP contribution in [0.25, 0.3) is 10.8 Å². The van der Waals surface area contributed by atoms with E-state index < -0.39 is 0 Å². The van der Waals surface area contributed by atoms with Crippen LogP contribution in [-0.4, -0.2) is 36.6 Å². The summed E-state index contributed by atoms with van der Waals surface area (Å²) >= 11 is 0. The van der Waals surface area contributed by atoms with Gasteiger partial charge in [-0.3, -0.25) is 0 Å².